The molecule has 0 saturated heterocycles. The molecule has 1 aliphatic carbocycles. The topological polar surface area (TPSA) is 173 Å². The summed E-state index contributed by atoms with van der Waals surface area (Å²) in [6.07, 6.45) is 9.34. The number of carbonyl (C=O) groups is 2. The fourth-order valence-corrected chi connectivity index (χ4v) is 7.46. The third-order valence-electron chi connectivity index (χ3n) is 10.9. The minimum Gasteiger partial charge on any atom is -0.497 e. The lowest BCUT2D eigenvalue weighted by molar-refractivity contribution is -0.117. The van der Waals surface area contributed by atoms with Crippen LogP contribution in [0.25, 0.3) is 22.0 Å². The van der Waals surface area contributed by atoms with Gasteiger partial charge in [0.1, 0.15) is 40.2 Å². The van der Waals surface area contributed by atoms with Crippen molar-refractivity contribution < 1.29 is 38.0 Å². The standard InChI is InChI=1S/C48H56N8O8/c1-30-13-14-49-25-39(30)41-19-33-20-44(54-46(57)38-23-37(38)34-24-52-56(29-34)16-18-63-17-15-50-47(58)64-48(2,3)4)51-26-40(33)45(53-41)55(27-31-9-11-35(59-5)21-42(31)61-7)28-32-10-12-36(60-6)22-43(32)62-8/h9-14,19-22,24-26,29,37-38H,15-18,23,27-28H2,1-8H3,(H,50,58)(H,51,54,57)/t37-,38+/m1/s1. The molecule has 4 heterocycles. The van der Waals surface area contributed by atoms with Crippen LogP contribution in [0.4, 0.5) is 16.4 Å². The molecule has 0 aliphatic heterocycles. The van der Waals surface area contributed by atoms with Gasteiger partial charge in [0.25, 0.3) is 0 Å². The van der Waals surface area contributed by atoms with Crippen molar-refractivity contribution in [2.75, 3.05) is 58.4 Å². The fourth-order valence-electron chi connectivity index (χ4n) is 7.46. The fraction of sp³-hybridized carbons (Fsp3) is 0.375. The van der Waals surface area contributed by atoms with E-state index in [2.05, 4.69) is 25.6 Å². The number of nitrogens with zero attached hydrogens (tertiary/aromatic N) is 6. The second-order valence-corrected chi connectivity index (χ2v) is 16.5. The quantitative estimate of drug-likeness (QED) is 0.0759. The van der Waals surface area contributed by atoms with Gasteiger partial charge in [0.05, 0.1) is 60.1 Å². The Labute approximate surface area is 373 Å². The molecule has 4 aromatic heterocycles. The maximum atomic E-state index is 13.7. The normalized spacial score (nSPS) is 14.4. The number of aryl methyl sites for hydroxylation is 1. The molecule has 16 nitrogen and oxygen atoms in total. The molecule has 2 N–H and O–H groups in total. The smallest absolute Gasteiger partial charge is 0.407 e. The Kier molecular flexibility index (Phi) is 14.1. The molecule has 0 radical (unpaired) electrons. The molecule has 1 saturated carbocycles. The highest BCUT2D eigenvalue weighted by Crippen LogP contribution is 2.48. The van der Waals surface area contributed by atoms with E-state index in [1.807, 2.05) is 101 Å². The number of hydrogen-bond acceptors (Lipinski definition) is 13. The van der Waals surface area contributed by atoms with E-state index in [9.17, 15) is 9.59 Å². The van der Waals surface area contributed by atoms with Crippen LogP contribution in [0, 0.1) is 12.8 Å². The number of rotatable bonds is 19. The molecule has 0 spiro atoms. The predicted molar refractivity (Wildman–Crippen MR) is 243 cm³/mol. The molecule has 2 aromatic carbocycles. The van der Waals surface area contributed by atoms with Crippen LogP contribution in [0.15, 0.2) is 85.6 Å². The van der Waals surface area contributed by atoms with Gasteiger partial charge in [-0.15, -0.1) is 0 Å². The van der Waals surface area contributed by atoms with E-state index < -0.39 is 11.7 Å². The molecule has 64 heavy (non-hydrogen) atoms. The molecule has 7 rings (SSSR count). The molecule has 16 heteroatoms. The van der Waals surface area contributed by atoms with Gasteiger partial charge in [-0.25, -0.2) is 14.8 Å². The van der Waals surface area contributed by atoms with Crippen molar-refractivity contribution in [2.24, 2.45) is 5.92 Å². The van der Waals surface area contributed by atoms with Crippen molar-refractivity contribution in [1.29, 1.82) is 0 Å². The van der Waals surface area contributed by atoms with E-state index in [0.717, 1.165) is 38.6 Å². The number of methoxy groups -OCH3 is 4. The summed E-state index contributed by atoms with van der Waals surface area (Å²) in [5, 5.41) is 11.9. The van der Waals surface area contributed by atoms with E-state index in [0.29, 0.717) is 86.1 Å². The van der Waals surface area contributed by atoms with Crippen molar-refractivity contribution in [3.05, 3.63) is 108 Å². The maximum Gasteiger partial charge on any atom is 0.407 e. The summed E-state index contributed by atoms with van der Waals surface area (Å²) >= 11 is 0. The number of alkyl carbamates (subject to hydrolysis) is 1. The Hall–Kier alpha value is -6.94. The van der Waals surface area contributed by atoms with Gasteiger partial charge >= 0.3 is 6.09 Å². The Morgan fingerprint density at radius 1 is 0.859 bits per heavy atom. The monoisotopic (exact) mass is 872 g/mol. The SMILES string of the molecule is COc1ccc(CN(Cc2ccc(OC)cc2OC)c2nc(-c3cnccc3C)cc3cc(NC(=O)[C@H]4C[C@@H]4c4cnn(CCOCCNC(=O)OC(C)(C)C)c4)ncc23)c(OC)c1. The van der Waals surface area contributed by atoms with Crippen LogP contribution in [-0.4, -0.2) is 90.5 Å². The molecular weight excluding hydrogens is 817 g/mol. The summed E-state index contributed by atoms with van der Waals surface area (Å²) < 4.78 is 35.4. The predicted octanol–water partition coefficient (Wildman–Crippen LogP) is 7.72. The first-order valence-electron chi connectivity index (χ1n) is 21.1. The van der Waals surface area contributed by atoms with Gasteiger partial charge in [-0.3, -0.25) is 14.5 Å². The molecular formula is C48H56N8O8. The number of hydrogen-bond donors (Lipinski definition) is 2. The van der Waals surface area contributed by atoms with Crippen molar-refractivity contribution >= 4 is 34.4 Å². The molecule has 0 unspecified atom stereocenters. The van der Waals surface area contributed by atoms with Gasteiger partial charge in [-0.05, 0) is 99.0 Å². The van der Waals surface area contributed by atoms with Crippen LogP contribution >= 0.6 is 0 Å². The van der Waals surface area contributed by atoms with E-state index >= 15 is 0 Å². The van der Waals surface area contributed by atoms with Crippen LogP contribution in [0.3, 0.4) is 0 Å². The van der Waals surface area contributed by atoms with Crippen molar-refractivity contribution in [1.82, 2.24) is 30.0 Å². The number of fused-ring (bicyclic) bond motifs is 1. The number of nitrogens with one attached hydrogen (secondary N) is 2. The number of ether oxygens (including phenoxy) is 6. The highest BCUT2D eigenvalue weighted by molar-refractivity contribution is 5.99. The van der Waals surface area contributed by atoms with E-state index in [4.69, 9.17) is 38.4 Å². The second kappa shape index (κ2) is 20.1. The lowest BCUT2D eigenvalue weighted by atomic mass is 10.0. The third kappa shape index (κ3) is 11.2. The summed E-state index contributed by atoms with van der Waals surface area (Å²) in [4.78, 5) is 42.2. The van der Waals surface area contributed by atoms with Crippen LogP contribution in [-0.2, 0) is 33.9 Å². The Morgan fingerprint density at radius 3 is 2.20 bits per heavy atom. The van der Waals surface area contributed by atoms with Crippen molar-refractivity contribution in [3.8, 4) is 34.3 Å². The molecule has 2 atom stereocenters. The Morgan fingerprint density at radius 2 is 1.56 bits per heavy atom. The number of amides is 2. The number of anilines is 2. The van der Waals surface area contributed by atoms with Gasteiger partial charge in [-0.1, -0.05) is 0 Å². The second-order valence-electron chi connectivity index (χ2n) is 16.5. The number of aromatic nitrogens is 5. The van der Waals surface area contributed by atoms with Gasteiger partial charge in [0.15, 0.2) is 0 Å². The minimum atomic E-state index is -0.557. The molecule has 1 fully saturated rings. The molecule has 6 aromatic rings. The third-order valence-corrected chi connectivity index (χ3v) is 10.9. The summed E-state index contributed by atoms with van der Waals surface area (Å²) in [6, 6.07) is 17.4. The Balaban J connectivity index is 1.11. The zero-order valence-electron chi connectivity index (χ0n) is 37.6. The number of carbonyl (C=O) groups excluding carboxylic acids is 2. The maximum absolute atomic E-state index is 13.7. The molecule has 0 bridgehead atoms. The lowest BCUT2D eigenvalue weighted by Gasteiger charge is -2.28. The van der Waals surface area contributed by atoms with E-state index in [1.165, 1.54) is 0 Å². The number of benzene rings is 2. The summed E-state index contributed by atoms with van der Waals surface area (Å²) in [5.41, 5.74) is 4.86. The molecule has 336 valence electrons. The zero-order valence-corrected chi connectivity index (χ0v) is 37.6. The highest BCUT2D eigenvalue weighted by Gasteiger charge is 2.44. The highest BCUT2D eigenvalue weighted by atomic mass is 16.6. The average molecular weight is 873 g/mol. The zero-order chi connectivity index (χ0) is 45.4. The summed E-state index contributed by atoms with van der Waals surface area (Å²) in [7, 11) is 6.53. The van der Waals surface area contributed by atoms with Gasteiger partial charge in [0.2, 0.25) is 5.91 Å². The first kappa shape index (κ1) is 45.1. The minimum absolute atomic E-state index is 0.0440. The van der Waals surface area contributed by atoms with E-state index in [-0.39, 0.29) is 17.7 Å². The van der Waals surface area contributed by atoms with Crippen molar-refractivity contribution in [2.45, 2.75) is 65.3 Å². The van der Waals surface area contributed by atoms with Crippen LogP contribution < -0.4 is 34.5 Å². The van der Waals surface area contributed by atoms with Crippen LogP contribution in [0.5, 0.6) is 23.0 Å². The van der Waals surface area contributed by atoms with E-state index in [1.54, 1.807) is 45.5 Å². The van der Waals surface area contributed by atoms with Crippen molar-refractivity contribution in [3.63, 3.8) is 0 Å². The van der Waals surface area contributed by atoms with Crippen LogP contribution in [0.1, 0.15) is 55.4 Å². The Bertz CT molecular complexity index is 2530. The van der Waals surface area contributed by atoms with Gasteiger partial charge in [0, 0.05) is 84.5 Å². The molecule has 1 aliphatic rings. The first-order valence-corrected chi connectivity index (χ1v) is 21.1. The van der Waals surface area contributed by atoms with Gasteiger partial charge < -0.3 is 44.0 Å². The summed E-state index contributed by atoms with van der Waals surface area (Å²) in [5.74, 6) is 3.50. The number of pyridine rings is 3. The average Bonchev–Trinajstić information content (AvgIpc) is 3.95. The summed E-state index contributed by atoms with van der Waals surface area (Å²) in [6.45, 7) is 9.92. The lowest BCUT2D eigenvalue weighted by Crippen LogP contribution is -2.34. The molecule has 2 amide bonds. The largest absolute Gasteiger partial charge is 0.497 e. The van der Waals surface area contributed by atoms with Gasteiger partial charge in [-0.2, -0.15) is 5.10 Å². The first-order chi connectivity index (χ1) is 30.9. The van der Waals surface area contributed by atoms with Crippen LogP contribution in [0.2, 0.25) is 0 Å².